The molecule has 0 aliphatic carbocycles. The molecule has 0 bridgehead atoms. The number of quaternary nitrogens is 1. The molecule has 0 spiro atoms. The summed E-state index contributed by atoms with van der Waals surface area (Å²) in [7, 11) is 0. The highest BCUT2D eigenvalue weighted by Gasteiger charge is 2.45. The van der Waals surface area contributed by atoms with Crippen LogP contribution in [-0.4, -0.2) is 30.2 Å². The van der Waals surface area contributed by atoms with Crippen molar-refractivity contribution in [1.82, 2.24) is 0 Å². The van der Waals surface area contributed by atoms with E-state index in [-0.39, 0.29) is 4.70 Å². The van der Waals surface area contributed by atoms with E-state index >= 15 is 0 Å². The van der Waals surface area contributed by atoms with E-state index in [1.807, 2.05) is 0 Å². The van der Waals surface area contributed by atoms with E-state index in [1.54, 1.807) is 0 Å². The van der Waals surface area contributed by atoms with Gasteiger partial charge in [-0.3, -0.25) is 0 Å². The number of hydrogen-bond donors (Lipinski definition) is 0. The van der Waals surface area contributed by atoms with Crippen LogP contribution in [0.2, 0.25) is 0 Å². The van der Waals surface area contributed by atoms with Crippen molar-refractivity contribution in [2.24, 2.45) is 0 Å². The first-order chi connectivity index (χ1) is 4.87. The van der Waals surface area contributed by atoms with E-state index in [0.29, 0.717) is 0 Å². The smallest absolute Gasteiger partial charge is 0.0944 e. The molecule has 11 heavy (non-hydrogen) atoms. The Bertz CT molecular complexity index is 134. The maximum atomic E-state index is 2.36. The highest BCUT2D eigenvalue weighted by molar-refractivity contribution is 4.74. The summed E-state index contributed by atoms with van der Waals surface area (Å²) in [5.41, 5.74) is 0. The van der Waals surface area contributed by atoms with Crippen molar-refractivity contribution < 1.29 is 9.19 Å². The summed E-state index contributed by atoms with van der Waals surface area (Å²) in [5, 5.41) is 0. The summed E-state index contributed by atoms with van der Waals surface area (Å²) < 4.78 is 1.49. The lowest BCUT2D eigenvalue weighted by Gasteiger charge is -2.55. The molecule has 0 aromatic heterocycles. The van der Waals surface area contributed by atoms with Crippen molar-refractivity contribution in [2.45, 2.75) is 38.6 Å². The van der Waals surface area contributed by atoms with E-state index in [0.717, 1.165) is 6.04 Å². The maximum absolute atomic E-state index is 2.36. The zero-order valence-corrected chi connectivity index (χ0v) is 7.35. The number of nitrogens with zero attached hydrogens (tertiary/aromatic N) is 1. The van der Waals surface area contributed by atoms with Gasteiger partial charge in [0.25, 0.3) is 0 Å². The monoisotopic (exact) mass is 159 g/mol. The van der Waals surface area contributed by atoms with Gasteiger partial charge in [0.2, 0.25) is 0 Å². The molecular weight excluding hydrogens is 141 g/mol. The lowest BCUT2D eigenvalue weighted by molar-refractivity contribution is -0.992. The summed E-state index contributed by atoms with van der Waals surface area (Å²) >= 11 is 0. The highest BCUT2D eigenvalue weighted by atomic mass is 19.0. The molecule has 2 saturated heterocycles. The molecule has 66 valence electrons. The zero-order valence-electron chi connectivity index (χ0n) is 7.35. The van der Waals surface area contributed by atoms with Crippen LogP contribution >= 0.6 is 0 Å². The molecule has 2 unspecified atom stereocenters. The third kappa shape index (κ3) is 1.18. The Morgan fingerprint density at radius 2 is 2.00 bits per heavy atom. The molecule has 2 rings (SSSR count). The van der Waals surface area contributed by atoms with Gasteiger partial charge >= 0.3 is 0 Å². The van der Waals surface area contributed by atoms with Crippen molar-refractivity contribution in [2.75, 3.05) is 19.6 Å². The molecule has 0 radical (unpaired) electrons. The lowest BCUT2D eigenvalue weighted by Crippen LogP contribution is -3.00. The fourth-order valence-electron chi connectivity index (χ4n) is 2.77. The van der Waals surface area contributed by atoms with Crippen LogP contribution in [0.1, 0.15) is 32.6 Å². The standard InChI is InChI=1S/C9H18N.FH/c1-2-10-7-4-3-5-9(10)6-8-10;/h9H,2-8H2,1H3;1H/q+1;/p-1. The first kappa shape index (κ1) is 8.98. The van der Waals surface area contributed by atoms with Crippen LogP contribution in [0.25, 0.3) is 0 Å². The van der Waals surface area contributed by atoms with Crippen LogP contribution in [0.4, 0.5) is 0 Å². The number of rotatable bonds is 1. The first-order valence-corrected chi connectivity index (χ1v) is 4.73. The van der Waals surface area contributed by atoms with E-state index in [4.69, 9.17) is 0 Å². The van der Waals surface area contributed by atoms with Crippen molar-refractivity contribution in [1.29, 1.82) is 0 Å². The number of halogens is 1. The molecule has 2 aliphatic rings. The molecular formula is C9H18FN. The van der Waals surface area contributed by atoms with E-state index in [2.05, 4.69) is 6.92 Å². The fraction of sp³-hybridized carbons (Fsp3) is 1.00. The molecule has 2 aliphatic heterocycles. The molecule has 2 fully saturated rings. The van der Waals surface area contributed by atoms with Gasteiger partial charge in [0, 0.05) is 6.42 Å². The molecule has 0 aromatic carbocycles. The van der Waals surface area contributed by atoms with Crippen LogP contribution in [0.5, 0.6) is 0 Å². The Labute approximate surface area is 68.3 Å². The Kier molecular flexibility index (Phi) is 2.53. The number of hydrogen-bond acceptors (Lipinski definition) is 0. The third-order valence-corrected chi connectivity index (χ3v) is 3.70. The van der Waals surface area contributed by atoms with Crippen molar-refractivity contribution in [3.05, 3.63) is 0 Å². The average Bonchev–Trinajstić information content (AvgIpc) is 1.93. The minimum atomic E-state index is 0. The van der Waals surface area contributed by atoms with E-state index in [1.165, 1.54) is 49.8 Å². The Hall–Kier alpha value is -0.110. The van der Waals surface area contributed by atoms with Crippen molar-refractivity contribution >= 4 is 0 Å². The molecule has 0 aromatic rings. The minimum Gasteiger partial charge on any atom is -1.00 e. The maximum Gasteiger partial charge on any atom is 0.0944 e. The summed E-state index contributed by atoms with van der Waals surface area (Å²) in [6.07, 6.45) is 6.04. The minimum absolute atomic E-state index is 0. The summed E-state index contributed by atoms with van der Waals surface area (Å²) in [4.78, 5) is 0. The van der Waals surface area contributed by atoms with Crippen LogP contribution < -0.4 is 4.70 Å². The predicted molar refractivity (Wildman–Crippen MR) is 42.8 cm³/mol. The van der Waals surface area contributed by atoms with Gasteiger partial charge in [-0.05, 0) is 26.2 Å². The Balaban J connectivity index is 0.000000605. The predicted octanol–water partition coefficient (Wildman–Crippen LogP) is -1.22. The fourth-order valence-corrected chi connectivity index (χ4v) is 2.77. The average molecular weight is 159 g/mol. The van der Waals surface area contributed by atoms with Crippen molar-refractivity contribution in [3.63, 3.8) is 0 Å². The van der Waals surface area contributed by atoms with E-state index in [9.17, 15) is 0 Å². The van der Waals surface area contributed by atoms with Crippen LogP contribution in [0, 0.1) is 0 Å². The van der Waals surface area contributed by atoms with Gasteiger partial charge in [-0.15, -0.1) is 0 Å². The summed E-state index contributed by atoms with van der Waals surface area (Å²) in [6.45, 7) is 6.73. The summed E-state index contributed by atoms with van der Waals surface area (Å²) in [6, 6.07) is 1.08. The first-order valence-electron chi connectivity index (χ1n) is 4.73. The van der Waals surface area contributed by atoms with Gasteiger partial charge in [0.1, 0.15) is 0 Å². The topological polar surface area (TPSA) is 0 Å². The lowest BCUT2D eigenvalue weighted by atomic mass is 9.87. The largest absolute Gasteiger partial charge is 1.00 e. The molecule has 2 atom stereocenters. The van der Waals surface area contributed by atoms with Crippen LogP contribution in [0.3, 0.4) is 0 Å². The quantitative estimate of drug-likeness (QED) is 0.421. The Morgan fingerprint density at radius 3 is 2.36 bits per heavy atom. The van der Waals surface area contributed by atoms with Gasteiger partial charge in [0.05, 0.1) is 25.7 Å². The Morgan fingerprint density at radius 1 is 1.18 bits per heavy atom. The zero-order chi connectivity index (χ0) is 7.03. The second-order valence-corrected chi connectivity index (χ2v) is 3.92. The molecule has 2 heterocycles. The molecule has 0 saturated carbocycles. The molecule has 0 amide bonds. The van der Waals surface area contributed by atoms with Crippen LogP contribution in [-0.2, 0) is 0 Å². The van der Waals surface area contributed by atoms with Gasteiger partial charge in [0.15, 0.2) is 0 Å². The second kappa shape index (κ2) is 3.10. The van der Waals surface area contributed by atoms with Gasteiger partial charge in [-0.2, -0.15) is 0 Å². The number of fused-ring (bicyclic) bond motifs is 1. The number of piperidine rings is 1. The second-order valence-electron chi connectivity index (χ2n) is 3.92. The molecule has 1 nitrogen and oxygen atoms in total. The van der Waals surface area contributed by atoms with Crippen LogP contribution in [0.15, 0.2) is 0 Å². The SMILES string of the molecule is CC[N+]12CCCCC1CC2.[F-]. The van der Waals surface area contributed by atoms with Gasteiger partial charge in [-0.1, -0.05) is 0 Å². The third-order valence-electron chi connectivity index (χ3n) is 3.70. The van der Waals surface area contributed by atoms with Gasteiger partial charge in [-0.25, -0.2) is 0 Å². The van der Waals surface area contributed by atoms with E-state index < -0.39 is 0 Å². The molecule has 0 N–H and O–H groups in total. The molecule has 2 heteroatoms. The summed E-state index contributed by atoms with van der Waals surface area (Å²) in [5.74, 6) is 0. The van der Waals surface area contributed by atoms with Crippen molar-refractivity contribution in [3.8, 4) is 0 Å². The normalized spacial score (nSPS) is 41.7. The van der Waals surface area contributed by atoms with Gasteiger partial charge < -0.3 is 9.19 Å². The highest BCUT2D eigenvalue weighted by Crippen LogP contribution is 2.35.